The van der Waals surface area contributed by atoms with Crippen molar-refractivity contribution in [2.24, 2.45) is 0 Å². The normalized spacial score (nSPS) is 17.8. The molecule has 1 aliphatic heterocycles. The van der Waals surface area contributed by atoms with Crippen molar-refractivity contribution in [3.8, 4) is 5.75 Å². The highest BCUT2D eigenvalue weighted by molar-refractivity contribution is 5.27. The number of rotatable bonds is 5. The predicted molar refractivity (Wildman–Crippen MR) is 90.5 cm³/mol. The first-order valence-corrected chi connectivity index (χ1v) is 8.18. The molecule has 2 aromatic rings. The number of ether oxygens (including phenoxy) is 1. The molecule has 0 spiro atoms. The Morgan fingerprint density at radius 3 is 2.52 bits per heavy atom. The second-order valence-corrected chi connectivity index (χ2v) is 6.21. The minimum atomic E-state index is -0.717. The molecule has 2 heterocycles. The first-order chi connectivity index (χ1) is 11.2. The van der Waals surface area contributed by atoms with Gasteiger partial charge in [-0.05, 0) is 43.0 Å². The average Bonchev–Trinajstić information content (AvgIpc) is 2.62. The van der Waals surface area contributed by atoms with Crippen LogP contribution in [-0.2, 0) is 12.0 Å². The van der Waals surface area contributed by atoms with Crippen LogP contribution in [0.4, 0.5) is 0 Å². The quantitative estimate of drug-likeness (QED) is 0.922. The van der Waals surface area contributed by atoms with Crippen LogP contribution in [0, 0.1) is 0 Å². The molecule has 0 bridgehead atoms. The van der Waals surface area contributed by atoms with Crippen LogP contribution in [0.2, 0.25) is 0 Å². The molecule has 0 aliphatic carbocycles. The van der Waals surface area contributed by atoms with E-state index in [0.717, 1.165) is 50.2 Å². The summed E-state index contributed by atoms with van der Waals surface area (Å²) in [4.78, 5) is 6.56. The molecule has 3 rings (SSSR count). The third-order valence-electron chi connectivity index (χ3n) is 4.76. The van der Waals surface area contributed by atoms with Gasteiger partial charge >= 0.3 is 0 Å². The SMILES string of the molecule is COc1ccc(CCN2CCC(O)(c3cccnc3)CC2)cc1. The van der Waals surface area contributed by atoms with Crippen LogP contribution in [0.3, 0.4) is 0 Å². The lowest BCUT2D eigenvalue weighted by Crippen LogP contribution is -2.43. The fourth-order valence-corrected chi connectivity index (χ4v) is 3.15. The third-order valence-corrected chi connectivity index (χ3v) is 4.76. The van der Waals surface area contributed by atoms with Crippen LogP contribution in [0.5, 0.6) is 5.75 Å². The molecular formula is C19H24N2O2. The Bertz CT molecular complexity index is 605. The van der Waals surface area contributed by atoms with E-state index in [1.54, 1.807) is 19.5 Å². The molecule has 4 heteroatoms. The van der Waals surface area contributed by atoms with Gasteiger partial charge in [0.1, 0.15) is 5.75 Å². The number of methoxy groups -OCH3 is 1. The molecule has 23 heavy (non-hydrogen) atoms. The van der Waals surface area contributed by atoms with Crippen LogP contribution in [0.1, 0.15) is 24.0 Å². The van der Waals surface area contributed by atoms with Crippen molar-refractivity contribution < 1.29 is 9.84 Å². The van der Waals surface area contributed by atoms with Gasteiger partial charge in [0.05, 0.1) is 12.7 Å². The zero-order valence-corrected chi connectivity index (χ0v) is 13.6. The van der Waals surface area contributed by atoms with E-state index in [1.165, 1.54) is 5.56 Å². The number of aliphatic hydroxyl groups is 1. The number of benzene rings is 1. The Balaban J connectivity index is 1.51. The Kier molecular flexibility index (Phi) is 4.94. The summed E-state index contributed by atoms with van der Waals surface area (Å²) >= 11 is 0. The van der Waals surface area contributed by atoms with Gasteiger partial charge in [-0.2, -0.15) is 0 Å². The number of aromatic nitrogens is 1. The van der Waals surface area contributed by atoms with E-state index in [2.05, 4.69) is 22.0 Å². The van der Waals surface area contributed by atoms with Crippen molar-refractivity contribution in [3.63, 3.8) is 0 Å². The molecule has 1 fully saturated rings. The molecule has 4 nitrogen and oxygen atoms in total. The minimum Gasteiger partial charge on any atom is -0.497 e. The van der Waals surface area contributed by atoms with Gasteiger partial charge in [-0.3, -0.25) is 4.98 Å². The van der Waals surface area contributed by atoms with E-state index in [-0.39, 0.29) is 0 Å². The average molecular weight is 312 g/mol. The van der Waals surface area contributed by atoms with Crippen LogP contribution in [0.15, 0.2) is 48.8 Å². The van der Waals surface area contributed by atoms with Gasteiger partial charge in [0.25, 0.3) is 0 Å². The fraction of sp³-hybridized carbons (Fsp3) is 0.421. The summed E-state index contributed by atoms with van der Waals surface area (Å²) in [5.74, 6) is 0.897. The van der Waals surface area contributed by atoms with Gasteiger partial charge < -0.3 is 14.7 Å². The van der Waals surface area contributed by atoms with E-state index in [9.17, 15) is 5.11 Å². The molecule has 1 N–H and O–H groups in total. The highest BCUT2D eigenvalue weighted by Crippen LogP contribution is 2.32. The molecular weight excluding hydrogens is 288 g/mol. The Hall–Kier alpha value is -1.91. The zero-order chi connectivity index (χ0) is 16.1. The second kappa shape index (κ2) is 7.11. The van der Waals surface area contributed by atoms with Gasteiger partial charge in [0.2, 0.25) is 0 Å². The van der Waals surface area contributed by atoms with Gasteiger partial charge in [0.15, 0.2) is 0 Å². The van der Waals surface area contributed by atoms with Crippen molar-refractivity contribution in [3.05, 3.63) is 59.9 Å². The summed E-state index contributed by atoms with van der Waals surface area (Å²) < 4.78 is 5.19. The Morgan fingerprint density at radius 1 is 1.17 bits per heavy atom. The van der Waals surface area contributed by atoms with E-state index in [1.807, 2.05) is 24.3 Å². The first-order valence-electron chi connectivity index (χ1n) is 8.18. The fourth-order valence-electron chi connectivity index (χ4n) is 3.15. The summed E-state index contributed by atoms with van der Waals surface area (Å²) in [5, 5.41) is 10.8. The first kappa shape index (κ1) is 16.0. The maximum Gasteiger partial charge on any atom is 0.118 e. The van der Waals surface area contributed by atoms with Crippen molar-refractivity contribution in [2.45, 2.75) is 24.9 Å². The number of pyridine rings is 1. The highest BCUT2D eigenvalue weighted by atomic mass is 16.5. The maximum absolute atomic E-state index is 10.8. The van der Waals surface area contributed by atoms with Gasteiger partial charge in [-0.1, -0.05) is 18.2 Å². The number of likely N-dealkylation sites (tertiary alicyclic amines) is 1. The summed E-state index contributed by atoms with van der Waals surface area (Å²) in [5.41, 5.74) is 1.54. The summed E-state index contributed by atoms with van der Waals surface area (Å²) in [7, 11) is 1.69. The van der Waals surface area contributed by atoms with E-state index >= 15 is 0 Å². The maximum atomic E-state index is 10.8. The predicted octanol–water partition coefficient (Wildman–Crippen LogP) is 2.62. The van der Waals surface area contributed by atoms with E-state index < -0.39 is 5.60 Å². The lowest BCUT2D eigenvalue weighted by Gasteiger charge is -2.38. The van der Waals surface area contributed by atoms with Crippen LogP contribution in [-0.4, -0.2) is 41.7 Å². The van der Waals surface area contributed by atoms with Crippen molar-refractivity contribution in [1.82, 2.24) is 9.88 Å². The molecule has 1 aliphatic rings. The standard InChI is InChI=1S/C19H24N2O2/c1-23-18-6-4-16(5-7-18)8-12-21-13-9-19(22,10-14-21)17-3-2-11-20-15-17/h2-7,11,15,22H,8-10,12-14H2,1H3. The van der Waals surface area contributed by atoms with Crippen LogP contribution >= 0.6 is 0 Å². The summed E-state index contributed by atoms with van der Waals surface area (Å²) in [6.07, 6.45) is 6.09. The molecule has 0 atom stereocenters. The van der Waals surface area contributed by atoms with Crippen LogP contribution in [0.25, 0.3) is 0 Å². The molecule has 0 radical (unpaired) electrons. The van der Waals surface area contributed by atoms with Crippen LogP contribution < -0.4 is 4.74 Å². The number of piperidine rings is 1. The molecule has 1 saturated heterocycles. The van der Waals surface area contributed by atoms with Crippen molar-refractivity contribution >= 4 is 0 Å². The molecule has 1 aromatic carbocycles. The van der Waals surface area contributed by atoms with Crippen molar-refractivity contribution in [1.29, 1.82) is 0 Å². The molecule has 1 aromatic heterocycles. The zero-order valence-electron chi connectivity index (χ0n) is 13.6. The number of hydrogen-bond acceptors (Lipinski definition) is 4. The van der Waals surface area contributed by atoms with Gasteiger partial charge in [-0.15, -0.1) is 0 Å². The molecule has 0 amide bonds. The topological polar surface area (TPSA) is 45.6 Å². The van der Waals surface area contributed by atoms with Gasteiger partial charge in [-0.25, -0.2) is 0 Å². The molecule has 0 unspecified atom stereocenters. The Morgan fingerprint density at radius 2 is 1.91 bits per heavy atom. The number of hydrogen-bond donors (Lipinski definition) is 1. The minimum absolute atomic E-state index is 0.717. The van der Waals surface area contributed by atoms with E-state index in [4.69, 9.17) is 4.74 Å². The van der Waals surface area contributed by atoms with Gasteiger partial charge in [0, 0.05) is 37.6 Å². The van der Waals surface area contributed by atoms with Crippen molar-refractivity contribution in [2.75, 3.05) is 26.7 Å². The summed E-state index contributed by atoms with van der Waals surface area (Å²) in [6.45, 7) is 2.86. The second-order valence-electron chi connectivity index (χ2n) is 6.21. The largest absolute Gasteiger partial charge is 0.497 e. The lowest BCUT2D eigenvalue weighted by molar-refractivity contribution is -0.0258. The third kappa shape index (κ3) is 3.89. The molecule has 122 valence electrons. The van der Waals surface area contributed by atoms with E-state index in [0.29, 0.717) is 0 Å². The molecule has 0 saturated carbocycles. The smallest absolute Gasteiger partial charge is 0.118 e. The summed E-state index contributed by atoms with van der Waals surface area (Å²) in [6, 6.07) is 12.1. The highest BCUT2D eigenvalue weighted by Gasteiger charge is 2.33. The lowest BCUT2D eigenvalue weighted by atomic mass is 9.85. The Labute approximate surface area is 137 Å². The number of nitrogens with zero attached hydrogens (tertiary/aromatic N) is 2. The monoisotopic (exact) mass is 312 g/mol.